The predicted molar refractivity (Wildman–Crippen MR) is 426 cm³/mol. The molecule has 6 heterocycles. The van der Waals surface area contributed by atoms with Gasteiger partial charge in [-0.3, -0.25) is 0 Å². The number of rotatable bonds is 11. The highest BCUT2D eigenvalue weighted by Gasteiger charge is 2.57. The first-order valence-electron chi connectivity index (χ1n) is 38.6. The molecule has 12 aromatic carbocycles. The second-order valence-electron chi connectivity index (χ2n) is 31.6. The van der Waals surface area contributed by atoms with Crippen LogP contribution in [0.4, 0.5) is 0 Å². The average Bonchev–Trinajstić information content (AvgIpc) is 0.704. The molecule has 0 unspecified atom stereocenters. The Labute approximate surface area is 706 Å². The van der Waals surface area contributed by atoms with Crippen LogP contribution >= 0.6 is 0 Å². The SMILES string of the molecule is Oc1cc(O)c2c(c1)O[C@H](c1ccc(O)c(O)c1)[C@@H](O)[C@@H]2c1c(O)cc(O)c2c1O[C@H](c1ccc(O)c(O)c1)[C@@H](O)[C@@H]2c1c(O)cc(O)c2c1O[C@H](c1ccc(O)c(O)c1)[C@@H](O)[C@@H]2c1c(O)cc(O)c2c1O[C@H](c1ccc(O)c(O)c1)[C@@H](O)[C@@H]2c1c(O)cc(O)c2c1O[C@H](c1ccc(O)c(O)c1)[C@@H](O)[C@@H]2c1c(O)cc(O)c2c1O[C@H](c1ccc(O)c(O)c1)[C@@H](O)C2. The Hall–Kier alpha value is -15.6. The molecule has 36 heteroatoms. The van der Waals surface area contributed by atoms with Crippen LogP contribution in [0.5, 0.6) is 172 Å². The molecule has 0 fully saturated rings. The van der Waals surface area contributed by atoms with Crippen LogP contribution in [0.3, 0.4) is 0 Å². The summed E-state index contributed by atoms with van der Waals surface area (Å²) in [5.74, 6) is -35.9. The molecule has 12 aromatic rings. The fraction of sp³-hybridized carbons (Fsp3) is 0.200. The van der Waals surface area contributed by atoms with Crippen molar-refractivity contribution >= 4 is 0 Å². The highest BCUT2D eigenvalue weighted by atomic mass is 16.5. The van der Waals surface area contributed by atoms with E-state index in [1.165, 1.54) is 12.1 Å². The van der Waals surface area contributed by atoms with Crippen molar-refractivity contribution in [3.8, 4) is 172 Å². The van der Waals surface area contributed by atoms with E-state index in [2.05, 4.69) is 0 Å². The summed E-state index contributed by atoms with van der Waals surface area (Å²) >= 11 is 0. The summed E-state index contributed by atoms with van der Waals surface area (Å²) in [6.07, 6.45) is -25.3. The van der Waals surface area contributed by atoms with Crippen LogP contribution in [-0.2, 0) is 6.42 Å². The highest BCUT2D eigenvalue weighted by Crippen LogP contribution is 2.69. The van der Waals surface area contributed by atoms with Crippen molar-refractivity contribution in [1.82, 2.24) is 0 Å². The number of hydrogen-bond acceptors (Lipinski definition) is 36. The molecule has 650 valence electrons. The lowest BCUT2D eigenvalue weighted by atomic mass is 9.70. The van der Waals surface area contributed by atoms with E-state index in [4.69, 9.17) is 28.4 Å². The van der Waals surface area contributed by atoms with Gasteiger partial charge in [0.15, 0.2) is 99.5 Å². The third-order valence-electron chi connectivity index (χ3n) is 24.3. The normalized spacial score (nSPS) is 24.3. The van der Waals surface area contributed by atoms with Gasteiger partial charge in [-0.25, -0.2) is 0 Å². The van der Waals surface area contributed by atoms with E-state index in [0.29, 0.717) is 24.3 Å². The highest BCUT2D eigenvalue weighted by molar-refractivity contribution is 5.77. The lowest BCUT2D eigenvalue weighted by Gasteiger charge is -2.45. The quantitative estimate of drug-likeness (QED) is 0.0538. The lowest BCUT2D eigenvalue weighted by molar-refractivity contribution is -0.0110. The summed E-state index contributed by atoms with van der Waals surface area (Å²) in [5.41, 5.74) is -8.39. The smallest absolute Gasteiger partial charge is 0.157 e. The minimum atomic E-state index is -2.44. The van der Waals surface area contributed by atoms with E-state index in [0.717, 1.165) is 115 Å². The number of benzene rings is 12. The molecule has 6 aliphatic heterocycles. The lowest BCUT2D eigenvalue weighted by Crippen LogP contribution is -2.40. The maximum Gasteiger partial charge on any atom is 0.157 e. The number of aliphatic hydroxyl groups is 6. The minimum Gasteiger partial charge on any atom is -0.508 e. The molecule has 0 saturated heterocycles. The zero-order valence-electron chi connectivity index (χ0n) is 64.3. The van der Waals surface area contributed by atoms with E-state index < -0.39 is 337 Å². The topological polar surface area (TPSA) is 662 Å². The maximum absolute atomic E-state index is 13.7. The van der Waals surface area contributed by atoms with E-state index in [1.807, 2.05) is 0 Å². The molecule has 36 nitrogen and oxygen atoms in total. The Bertz CT molecular complexity index is 6550. The summed E-state index contributed by atoms with van der Waals surface area (Å²) < 4.78 is 39.9. The van der Waals surface area contributed by atoms with Crippen molar-refractivity contribution < 1.29 is 182 Å². The van der Waals surface area contributed by atoms with Crippen LogP contribution in [-0.4, -0.2) is 190 Å². The molecule has 0 aliphatic carbocycles. The number of ether oxygens (including phenoxy) is 6. The van der Waals surface area contributed by atoms with Crippen molar-refractivity contribution in [3.63, 3.8) is 0 Å². The van der Waals surface area contributed by atoms with E-state index in [1.54, 1.807) is 0 Å². The molecule has 0 aromatic heterocycles. The molecule has 17 atom stereocenters. The fourth-order valence-corrected chi connectivity index (χ4v) is 18.6. The van der Waals surface area contributed by atoms with Crippen molar-refractivity contribution in [2.24, 2.45) is 0 Å². The largest absolute Gasteiger partial charge is 0.508 e. The summed E-state index contributed by atoms with van der Waals surface area (Å²) in [4.78, 5) is 0. The molecule has 30 N–H and O–H groups in total. The van der Waals surface area contributed by atoms with Crippen molar-refractivity contribution in [2.45, 2.75) is 109 Å². The Morgan fingerprint density at radius 2 is 0.389 bits per heavy atom. The molecule has 0 bridgehead atoms. The van der Waals surface area contributed by atoms with Gasteiger partial charge in [0, 0.05) is 110 Å². The number of phenolic OH excluding ortho intramolecular Hbond substituents is 24. The van der Waals surface area contributed by atoms with Gasteiger partial charge in [-0.05, 0) is 106 Å². The molecule has 18 rings (SSSR count). The van der Waals surface area contributed by atoms with Crippen LogP contribution < -0.4 is 28.4 Å². The standard InChI is InChI=1S/C90H74O36/c91-33-19-48(105)60-59(20-33)121-81(28-2-8-36(93)43(100)14-28)75(116)70(60)62-50(107)23-52(109)64-72(77(118)83(123-87(62)64)30-4-10-38(95)45(102)16-30)66-54(111)25-56(113)68-74(79(120)85(125-89(66)68)32-6-12-40(97)47(104)18-32)69-57(114)26-55(112)67-73(78(119)84(126-90(67)69)31-5-11-39(96)46(103)17-31)65-53(110)24-51(108)63-71(76(117)82(124-88(63)65)29-3-9-37(94)44(101)15-29)61-49(106)22-41(98)34-21-58(115)80(122-86(34)61)27-1-7-35(92)42(99)13-27/h1-20,22-26,58,70-85,91-120H,21H2/t58-,70-,71+,72-,73+,74-,75-,76-,77-,78-,79-,80+,81+,82+,83+,84+,85+/m0/s1. The molecule has 0 saturated carbocycles. The Kier molecular flexibility index (Phi) is 19.1. The number of phenols is 24. The first kappa shape index (κ1) is 81.4. The van der Waals surface area contributed by atoms with Crippen molar-refractivity contribution in [1.29, 1.82) is 0 Å². The number of aromatic hydroxyl groups is 24. The maximum atomic E-state index is 13.7. The van der Waals surface area contributed by atoms with Crippen molar-refractivity contribution in [3.05, 3.63) is 246 Å². The summed E-state index contributed by atoms with van der Waals surface area (Å²) in [7, 11) is 0. The van der Waals surface area contributed by atoms with E-state index >= 15 is 0 Å². The molecule has 126 heavy (non-hydrogen) atoms. The van der Waals surface area contributed by atoms with Crippen LogP contribution in [0.2, 0.25) is 0 Å². The van der Waals surface area contributed by atoms with Gasteiger partial charge in [0.05, 0.1) is 35.7 Å². The molecular weight excluding hydrogens is 1660 g/mol. The molecule has 6 aliphatic rings. The van der Waals surface area contributed by atoms with Crippen LogP contribution in [0.25, 0.3) is 0 Å². The average molecular weight is 1730 g/mol. The summed E-state index contributed by atoms with van der Waals surface area (Å²) in [6.45, 7) is 0. The van der Waals surface area contributed by atoms with Gasteiger partial charge in [-0.15, -0.1) is 0 Å². The second kappa shape index (κ2) is 29.6. The molecule has 0 radical (unpaired) electrons. The van der Waals surface area contributed by atoms with E-state index in [-0.39, 0.29) is 38.9 Å². The minimum absolute atomic E-state index is 0.00514. The summed E-state index contributed by atoms with van der Waals surface area (Å²) in [6, 6.07) is 23.6. The summed E-state index contributed by atoms with van der Waals surface area (Å²) in [5, 5.41) is 360. The zero-order valence-corrected chi connectivity index (χ0v) is 64.3. The predicted octanol–water partition coefficient (Wildman–Crippen LogP) is 8.79. The van der Waals surface area contributed by atoms with Gasteiger partial charge in [0.25, 0.3) is 0 Å². The number of hydrogen-bond donors (Lipinski definition) is 30. The first-order chi connectivity index (χ1) is 59.9. The van der Waals surface area contributed by atoms with Crippen LogP contribution in [0.15, 0.2) is 152 Å². The van der Waals surface area contributed by atoms with Gasteiger partial charge in [0.2, 0.25) is 0 Å². The Balaban J connectivity index is 0.896. The van der Waals surface area contributed by atoms with E-state index in [9.17, 15) is 153 Å². The monoisotopic (exact) mass is 1730 g/mol. The third-order valence-corrected chi connectivity index (χ3v) is 24.3. The Morgan fingerprint density at radius 1 is 0.183 bits per heavy atom. The van der Waals surface area contributed by atoms with Gasteiger partial charge in [-0.2, -0.15) is 0 Å². The van der Waals surface area contributed by atoms with Gasteiger partial charge in [-0.1, -0.05) is 36.4 Å². The van der Waals surface area contributed by atoms with Crippen LogP contribution in [0.1, 0.15) is 161 Å². The zero-order chi connectivity index (χ0) is 89.6. The van der Waals surface area contributed by atoms with Gasteiger partial charge < -0.3 is 182 Å². The molecule has 0 spiro atoms. The molecular formula is C90H74O36. The number of aliphatic hydroxyl groups excluding tert-OH is 6. The Morgan fingerprint density at radius 3 is 0.643 bits per heavy atom. The van der Waals surface area contributed by atoms with Gasteiger partial charge >= 0.3 is 0 Å². The number of fused-ring (bicyclic) bond motifs is 6. The first-order valence-corrected chi connectivity index (χ1v) is 38.6. The van der Waals surface area contributed by atoms with Crippen molar-refractivity contribution in [2.75, 3.05) is 0 Å². The molecule has 0 amide bonds. The second-order valence-corrected chi connectivity index (χ2v) is 31.6. The fourth-order valence-electron chi connectivity index (χ4n) is 18.6. The third kappa shape index (κ3) is 12.6. The van der Waals surface area contributed by atoms with Crippen LogP contribution in [0, 0.1) is 0 Å². The van der Waals surface area contributed by atoms with Gasteiger partial charge in [0.1, 0.15) is 140 Å².